The molecule has 0 radical (unpaired) electrons. The van der Waals surface area contributed by atoms with Crippen LogP contribution in [0.1, 0.15) is 6.92 Å². The Balaban J connectivity index is 1.90. The van der Waals surface area contributed by atoms with Gasteiger partial charge >= 0.3 is 0 Å². The lowest BCUT2D eigenvalue weighted by atomic mass is 10.3. The molecule has 0 unspecified atom stereocenters. The van der Waals surface area contributed by atoms with Crippen molar-refractivity contribution in [2.24, 2.45) is 0 Å². The molecule has 1 heterocycles. The maximum absolute atomic E-state index is 11.9. The first-order chi connectivity index (χ1) is 9.20. The Morgan fingerprint density at radius 1 is 1.47 bits per heavy atom. The van der Waals surface area contributed by atoms with E-state index in [4.69, 9.17) is 0 Å². The number of nitrogens with one attached hydrogen (secondary N) is 1. The van der Waals surface area contributed by atoms with Crippen molar-refractivity contribution in [3.63, 3.8) is 0 Å². The highest BCUT2D eigenvalue weighted by Gasteiger charge is 2.08. The van der Waals surface area contributed by atoms with Crippen molar-refractivity contribution in [2.75, 3.05) is 11.1 Å². The summed E-state index contributed by atoms with van der Waals surface area (Å²) < 4.78 is 3.05. The number of hydrogen-bond acceptors (Lipinski definition) is 3. The molecular formula is C13H14IN3OS. The standard InChI is InChI=1S/C13H14IN3OS/c1-2-17-8-7-15-13(17)19-9-12(18)16-11-6-4-3-5-10(11)14/h3-8H,2,9H2,1H3,(H,16,18). The van der Waals surface area contributed by atoms with Crippen molar-refractivity contribution < 1.29 is 4.79 Å². The third kappa shape index (κ3) is 3.97. The molecular weight excluding hydrogens is 373 g/mol. The van der Waals surface area contributed by atoms with Crippen molar-refractivity contribution in [1.82, 2.24) is 9.55 Å². The molecule has 1 N–H and O–H groups in total. The fourth-order valence-electron chi connectivity index (χ4n) is 1.56. The minimum Gasteiger partial charge on any atom is -0.326 e. The van der Waals surface area contributed by atoms with E-state index in [1.54, 1.807) is 6.20 Å². The first-order valence-corrected chi connectivity index (χ1v) is 7.95. The molecule has 100 valence electrons. The molecule has 19 heavy (non-hydrogen) atoms. The van der Waals surface area contributed by atoms with Gasteiger partial charge in [-0.3, -0.25) is 4.79 Å². The van der Waals surface area contributed by atoms with E-state index >= 15 is 0 Å². The zero-order valence-corrected chi connectivity index (χ0v) is 13.4. The number of hydrogen-bond donors (Lipinski definition) is 1. The molecule has 0 saturated heterocycles. The summed E-state index contributed by atoms with van der Waals surface area (Å²) in [5.74, 6) is 0.349. The minimum atomic E-state index is -0.0141. The molecule has 1 aromatic carbocycles. The molecule has 2 aromatic rings. The highest BCUT2D eigenvalue weighted by molar-refractivity contribution is 14.1. The molecule has 4 nitrogen and oxygen atoms in total. The van der Waals surface area contributed by atoms with Gasteiger partial charge in [0.15, 0.2) is 5.16 Å². The number of amides is 1. The third-order valence-electron chi connectivity index (χ3n) is 2.50. The predicted molar refractivity (Wildman–Crippen MR) is 86.4 cm³/mol. The Bertz CT molecular complexity index is 571. The van der Waals surface area contributed by atoms with Crippen LogP contribution in [0.4, 0.5) is 5.69 Å². The van der Waals surface area contributed by atoms with Crippen LogP contribution < -0.4 is 5.32 Å². The van der Waals surface area contributed by atoms with Gasteiger partial charge in [-0.05, 0) is 41.6 Å². The second-order valence-corrected chi connectivity index (χ2v) is 5.92. The lowest BCUT2D eigenvalue weighted by molar-refractivity contribution is -0.113. The quantitative estimate of drug-likeness (QED) is 0.633. The molecule has 0 aliphatic rings. The maximum atomic E-state index is 11.9. The van der Waals surface area contributed by atoms with Gasteiger partial charge in [0.2, 0.25) is 5.91 Å². The molecule has 1 amide bonds. The van der Waals surface area contributed by atoms with Gasteiger partial charge in [-0.25, -0.2) is 4.98 Å². The molecule has 0 atom stereocenters. The van der Waals surface area contributed by atoms with Crippen LogP contribution >= 0.6 is 34.4 Å². The van der Waals surface area contributed by atoms with Crippen molar-refractivity contribution in [1.29, 1.82) is 0 Å². The normalized spacial score (nSPS) is 10.4. The number of benzene rings is 1. The Labute approximate surface area is 130 Å². The number of nitrogens with zero attached hydrogens (tertiary/aromatic N) is 2. The zero-order chi connectivity index (χ0) is 13.7. The minimum absolute atomic E-state index is 0.0141. The molecule has 6 heteroatoms. The van der Waals surface area contributed by atoms with E-state index in [2.05, 4.69) is 39.8 Å². The number of rotatable bonds is 5. The van der Waals surface area contributed by atoms with Gasteiger partial charge in [-0.15, -0.1) is 0 Å². The number of carbonyl (C=O) groups excluding carboxylic acids is 1. The molecule has 0 saturated carbocycles. The molecule has 1 aromatic heterocycles. The fourth-order valence-corrected chi connectivity index (χ4v) is 2.90. The number of aryl methyl sites for hydroxylation is 1. The Kier molecular flexibility index (Phi) is 5.26. The summed E-state index contributed by atoms with van der Waals surface area (Å²) in [5.41, 5.74) is 0.854. The highest BCUT2D eigenvalue weighted by Crippen LogP contribution is 2.19. The van der Waals surface area contributed by atoms with Gasteiger partial charge in [0.1, 0.15) is 0 Å². The fraction of sp³-hybridized carbons (Fsp3) is 0.231. The molecule has 2 rings (SSSR count). The van der Waals surface area contributed by atoms with Gasteiger partial charge in [0, 0.05) is 22.5 Å². The SMILES string of the molecule is CCn1ccnc1SCC(=O)Nc1ccccc1I. The Hall–Kier alpha value is -1.02. The lowest BCUT2D eigenvalue weighted by Gasteiger charge is -2.07. The van der Waals surface area contributed by atoms with E-state index in [9.17, 15) is 4.79 Å². The van der Waals surface area contributed by atoms with Gasteiger partial charge in [0.05, 0.1) is 11.4 Å². The monoisotopic (exact) mass is 387 g/mol. The summed E-state index contributed by atoms with van der Waals surface area (Å²) >= 11 is 3.65. The van der Waals surface area contributed by atoms with E-state index in [1.807, 2.05) is 35.0 Å². The zero-order valence-electron chi connectivity index (χ0n) is 10.5. The number of carbonyl (C=O) groups is 1. The van der Waals surface area contributed by atoms with Crippen molar-refractivity contribution in [2.45, 2.75) is 18.6 Å². The van der Waals surface area contributed by atoms with Crippen LogP contribution in [0.2, 0.25) is 0 Å². The number of thioether (sulfide) groups is 1. The largest absolute Gasteiger partial charge is 0.326 e. The van der Waals surface area contributed by atoms with E-state index in [-0.39, 0.29) is 5.91 Å². The molecule has 0 spiro atoms. The van der Waals surface area contributed by atoms with Gasteiger partial charge < -0.3 is 9.88 Å². The van der Waals surface area contributed by atoms with Crippen LogP contribution in [0.5, 0.6) is 0 Å². The van der Waals surface area contributed by atoms with E-state index in [0.29, 0.717) is 5.75 Å². The average molecular weight is 387 g/mol. The van der Waals surface area contributed by atoms with Crippen LogP contribution in [-0.2, 0) is 11.3 Å². The summed E-state index contributed by atoms with van der Waals surface area (Å²) in [4.78, 5) is 16.1. The van der Waals surface area contributed by atoms with Crippen LogP contribution in [0.25, 0.3) is 0 Å². The topological polar surface area (TPSA) is 46.9 Å². The smallest absolute Gasteiger partial charge is 0.234 e. The van der Waals surface area contributed by atoms with Gasteiger partial charge in [-0.1, -0.05) is 23.9 Å². The summed E-state index contributed by atoms with van der Waals surface area (Å²) in [7, 11) is 0. The Morgan fingerprint density at radius 3 is 3.00 bits per heavy atom. The van der Waals surface area contributed by atoms with Crippen molar-refractivity contribution in [3.05, 3.63) is 40.2 Å². The summed E-state index contributed by atoms with van der Waals surface area (Å²) in [6.07, 6.45) is 3.67. The van der Waals surface area contributed by atoms with E-state index in [1.165, 1.54) is 11.8 Å². The number of para-hydroxylation sites is 1. The second kappa shape index (κ2) is 6.95. The second-order valence-electron chi connectivity index (χ2n) is 3.81. The molecule has 0 aliphatic heterocycles. The number of imidazole rings is 1. The van der Waals surface area contributed by atoms with Crippen LogP contribution in [0.15, 0.2) is 41.8 Å². The van der Waals surface area contributed by atoms with Crippen molar-refractivity contribution in [3.8, 4) is 0 Å². The number of halogens is 1. The number of aromatic nitrogens is 2. The third-order valence-corrected chi connectivity index (χ3v) is 4.44. The summed E-state index contributed by atoms with van der Waals surface area (Å²) in [6, 6.07) is 7.73. The molecule has 0 aliphatic carbocycles. The predicted octanol–water partition coefficient (Wildman–Crippen LogP) is 3.24. The number of anilines is 1. The first kappa shape index (κ1) is 14.4. The van der Waals surface area contributed by atoms with Crippen molar-refractivity contribution >= 4 is 45.9 Å². The Morgan fingerprint density at radius 2 is 2.26 bits per heavy atom. The van der Waals surface area contributed by atoms with Crippen LogP contribution in [-0.4, -0.2) is 21.2 Å². The summed E-state index contributed by atoms with van der Waals surface area (Å²) in [6.45, 7) is 2.92. The van der Waals surface area contributed by atoms with E-state index < -0.39 is 0 Å². The lowest BCUT2D eigenvalue weighted by Crippen LogP contribution is -2.15. The van der Waals surface area contributed by atoms with Gasteiger partial charge in [-0.2, -0.15) is 0 Å². The van der Waals surface area contributed by atoms with Gasteiger partial charge in [0.25, 0.3) is 0 Å². The van der Waals surface area contributed by atoms with Crippen LogP contribution in [0, 0.1) is 3.57 Å². The molecule has 0 bridgehead atoms. The van der Waals surface area contributed by atoms with Crippen LogP contribution in [0.3, 0.4) is 0 Å². The first-order valence-electron chi connectivity index (χ1n) is 5.89. The average Bonchev–Trinajstić information content (AvgIpc) is 2.86. The highest BCUT2D eigenvalue weighted by atomic mass is 127. The maximum Gasteiger partial charge on any atom is 0.234 e. The summed E-state index contributed by atoms with van der Waals surface area (Å²) in [5, 5.41) is 3.78. The van der Waals surface area contributed by atoms with E-state index in [0.717, 1.165) is 21.0 Å². The molecule has 0 fully saturated rings.